The first kappa shape index (κ1) is 23.9. The molecule has 35 heavy (non-hydrogen) atoms. The van der Waals surface area contributed by atoms with E-state index in [-0.39, 0.29) is 11.7 Å². The number of carbonyl (C=O) groups is 2. The van der Waals surface area contributed by atoms with Gasteiger partial charge in [-0.1, -0.05) is 54.6 Å². The topological polar surface area (TPSA) is 89.0 Å². The number of amides is 1. The van der Waals surface area contributed by atoms with E-state index in [1.807, 2.05) is 72.8 Å². The first-order valence-corrected chi connectivity index (χ1v) is 11.6. The third kappa shape index (κ3) is 5.65. The molecule has 0 saturated carbocycles. The molecule has 6 nitrogen and oxygen atoms in total. The van der Waals surface area contributed by atoms with E-state index in [2.05, 4.69) is 16.4 Å². The lowest BCUT2D eigenvalue weighted by molar-refractivity contribution is -0.127. The van der Waals surface area contributed by atoms with E-state index in [0.29, 0.717) is 24.1 Å². The lowest BCUT2D eigenvalue weighted by Gasteiger charge is -2.18. The largest absolute Gasteiger partial charge is 0.360 e. The average Bonchev–Trinajstić information content (AvgIpc) is 3.30. The fourth-order valence-electron chi connectivity index (χ4n) is 4.09. The van der Waals surface area contributed by atoms with Crippen LogP contribution in [0.2, 0.25) is 0 Å². The van der Waals surface area contributed by atoms with Crippen LogP contribution in [-0.4, -0.2) is 42.2 Å². The monoisotopic (exact) mass is 464 g/mol. The number of hydrogen-bond acceptors (Lipinski definition) is 4. The van der Waals surface area contributed by atoms with Gasteiger partial charge in [0, 0.05) is 43.3 Å². The van der Waals surface area contributed by atoms with E-state index in [1.165, 1.54) is 0 Å². The van der Waals surface area contributed by atoms with Crippen molar-refractivity contribution in [1.82, 2.24) is 15.2 Å². The van der Waals surface area contributed by atoms with Crippen LogP contribution in [-0.2, 0) is 17.6 Å². The third-order valence-electron chi connectivity index (χ3n) is 6.11. The number of rotatable bonds is 9. The number of nitrogens with zero attached hydrogens (tertiary/aromatic N) is 2. The van der Waals surface area contributed by atoms with Gasteiger partial charge < -0.3 is 15.2 Å². The lowest BCUT2D eigenvalue weighted by atomic mass is 9.96. The Bertz CT molecular complexity index is 1370. The van der Waals surface area contributed by atoms with Crippen LogP contribution in [0.3, 0.4) is 0 Å². The van der Waals surface area contributed by atoms with Gasteiger partial charge in [0.15, 0.2) is 5.78 Å². The predicted molar refractivity (Wildman–Crippen MR) is 137 cm³/mol. The van der Waals surface area contributed by atoms with Crippen molar-refractivity contribution in [3.05, 3.63) is 107 Å². The molecule has 2 N–H and O–H groups in total. The molecule has 0 aliphatic rings. The van der Waals surface area contributed by atoms with Gasteiger partial charge in [-0.15, -0.1) is 0 Å². The quantitative estimate of drug-likeness (QED) is 0.359. The summed E-state index contributed by atoms with van der Waals surface area (Å²) in [6.07, 6.45) is 2.80. The Balaban J connectivity index is 1.54. The summed E-state index contributed by atoms with van der Waals surface area (Å²) in [7, 11) is 3.48. The van der Waals surface area contributed by atoms with Gasteiger partial charge in [-0.3, -0.25) is 9.59 Å². The predicted octanol–water partition coefficient (Wildman–Crippen LogP) is 4.43. The standard InChI is InChI=1S/C29H28N4O2/c1-33(2)27(34)17-22-12-13-24-25(19-32-26(24)16-22)29(35)28(23-6-4-3-5-7-23)31-15-14-20-8-10-21(18-30)11-9-20/h3-13,16,19,28,31-32H,14-15,17H2,1-2H3. The highest BCUT2D eigenvalue weighted by atomic mass is 16.2. The SMILES string of the molecule is CN(C)C(=O)Cc1ccc2c(C(=O)C(NCCc3ccc(C#N)cc3)c3ccccc3)c[nH]c2c1. The van der Waals surface area contributed by atoms with Crippen LogP contribution in [0.4, 0.5) is 0 Å². The number of aromatic amines is 1. The number of carbonyl (C=O) groups excluding carboxylic acids is 2. The molecule has 0 radical (unpaired) electrons. The summed E-state index contributed by atoms with van der Waals surface area (Å²) in [6, 6.07) is 24.6. The zero-order valence-electron chi connectivity index (χ0n) is 19.9. The van der Waals surface area contributed by atoms with E-state index in [0.717, 1.165) is 34.0 Å². The van der Waals surface area contributed by atoms with Gasteiger partial charge in [-0.2, -0.15) is 5.26 Å². The molecule has 0 aliphatic heterocycles. The molecule has 176 valence electrons. The molecule has 1 aromatic heterocycles. The van der Waals surface area contributed by atoms with E-state index in [4.69, 9.17) is 5.26 Å². The van der Waals surface area contributed by atoms with Crippen LogP contribution in [0, 0.1) is 11.3 Å². The Morgan fingerprint density at radius 3 is 2.40 bits per heavy atom. The molecule has 3 aromatic carbocycles. The lowest BCUT2D eigenvalue weighted by Crippen LogP contribution is -2.30. The Kier molecular flexibility index (Phi) is 7.39. The second kappa shape index (κ2) is 10.8. The third-order valence-corrected chi connectivity index (χ3v) is 6.11. The van der Waals surface area contributed by atoms with E-state index in [1.54, 1.807) is 25.2 Å². The number of Topliss-reactive ketones (excluding diaryl/α,β-unsaturated/α-hetero) is 1. The smallest absolute Gasteiger partial charge is 0.226 e. The van der Waals surface area contributed by atoms with Crippen molar-refractivity contribution in [1.29, 1.82) is 5.26 Å². The number of nitrogens with one attached hydrogen (secondary N) is 2. The molecule has 4 rings (SSSR count). The van der Waals surface area contributed by atoms with Gasteiger partial charge in [-0.05, 0) is 41.3 Å². The maximum atomic E-state index is 13.7. The molecule has 6 heteroatoms. The van der Waals surface area contributed by atoms with Crippen molar-refractivity contribution in [3.8, 4) is 6.07 Å². The van der Waals surface area contributed by atoms with Crippen molar-refractivity contribution in [2.24, 2.45) is 0 Å². The molecule has 0 aliphatic carbocycles. The summed E-state index contributed by atoms with van der Waals surface area (Å²) in [6.45, 7) is 0.607. The fraction of sp³-hybridized carbons (Fsp3) is 0.207. The van der Waals surface area contributed by atoms with Crippen LogP contribution in [0.15, 0.2) is 79.0 Å². The average molecular weight is 465 g/mol. The highest BCUT2D eigenvalue weighted by Gasteiger charge is 2.24. The number of benzene rings is 3. The molecule has 1 unspecified atom stereocenters. The molecule has 0 saturated heterocycles. The first-order chi connectivity index (χ1) is 17.0. The number of likely N-dealkylation sites (N-methyl/N-ethyl adjacent to an activating group) is 1. The van der Waals surface area contributed by atoms with E-state index < -0.39 is 6.04 Å². The van der Waals surface area contributed by atoms with E-state index >= 15 is 0 Å². The van der Waals surface area contributed by atoms with Gasteiger partial charge in [0.2, 0.25) is 5.91 Å². The molecule has 1 atom stereocenters. The molecule has 4 aromatic rings. The second-order valence-electron chi connectivity index (χ2n) is 8.77. The van der Waals surface area contributed by atoms with Crippen LogP contribution < -0.4 is 5.32 Å². The van der Waals surface area contributed by atoms with Gasteiger partial charge in [-0.25, -0.2) is 0 Å². The number of fused-ring (bicyclic) bond motifs is 1. The number of aromatic nitrogens is 1. The summed E-state index contributed by atoms with van der Waals surface area (Å²) >= 11 is 0. The minimum Gasteiger partial charge on any atom is -0.360 e. The highest BCUT2D eigenvalue weighted by molar-refractivity contribution is 6.10. The Labute approximate surface area is 205 Å². The number of hydrogen-bond donors (Lipinski definition) is 2. The number of ketones is 1. The van der Waals surface area contributed by atoms with Gasteiger partial charge in [0.1, 0.15) is 0 Å². The summed E-state index contributed by atoms with van der Waals surface area (Å²) in [5, 5.41) is 13.3. The molecule has 1 heterocycles. The first-order valence-electron chi connectivity index (χ1n) is 11.6. The maximum absolute atomic E-state index is 13.7. The van der Waals surface area contributed by atoms with Crippen molar-refractivity contribution < 1.29 is 9.59 Å². The normalized spacial score (nSPS) is 11.7. The van der Waals surface area contributed by atoms with Crippen LogP contribution in [0.5, 0.6) is 0 Å². The zero-order valence-corrected chi connectivity index (χ0v) is 19.9. The maximum Gasteiger partial charge on any atom is 0.226 e. The molecule has 0 bridgehead atoms. The molecule has 0 fully saturated rings. The summed E-state index contributed by atoms with van der Waals surface area (Å²) in [5.41, 5.74) is 4.99. The zero-order chi connectivity index (χ0) is 24.8. The van der Waals surface area contributed by atoms with E-state index in [9.17, 15) is 9.59 Å². The Hall–Kier alpha value is -4.21. The number of nitriles is 1. The Morgan fingerprint density at radius 1 is 1.00 bits per heavy atom. The summed E-state index contributed by atoms with van der Waals surface area (Å²) in [4.78, 5) is 30.6. The van der Waals surface area contributed by atoms with Gasteiger partial charge in [0.25, 0.3) is 0 Å². The Morgan fingerprint density at radius 2 is 1.71 bits per heavy atom. The molecule has 0 spiro atoms. The van der Waals surface area contributed by atoms with Crippen molar-refractivity contribution in [3.63, 3.8) is 0 Å². The minimum absolute atomic E-state index is 0.0144. The van der Waals surface area contributed by atoms with Crippen LogP contribution in [0.1, 0.15) is 38.7 Å². The summed E-state index contributed by atoms with van der Waals surface area (Å²) in [5.74, 6) is 0.0159. The van der Waals surface area contributed by atoms with Crippen molar-refractivity contribution in [2.75, 3.05) is 20.6 Å². The van der Waals surface area contributed by atoms with Crippen LogP contribution >= 0.6 is 0 Å². The van der Waals surface area contributed by atoms with Crippen molar-refractivity contribution in [2.45, 2.75) is 18.9 Å². The highest BCUT2D eigenvalue weighted by Crippen LogP contribution is 2.26. The van der Waals surface area contributed by atoms with Crippen molar-refractivity contribution >= 4 is 22.6 Å². The minimum atomic E-state index is -0.497. The fourth-order valence-corrected chi connectivity index (χ4v) is 4.09. The number of H-pyrrole nitrogens is 1. The summed E-state index contributed by atoms with van der Waals surface area (Å²) < 4.78 is 0. The van der Waals surface area contributed by atoms with Gasteiger partial charge in [0.05, 0.1) is 24.1 Å². The molecular weight excluding hydrogens is 436 g/mol. The van der Waals surface area contributed by atoms with Gasteiger partial charge >= 0.3 is 0 Å². The second-order valence-corrected chi connectivity index (χ2v) is 8.77. The molecular formula is C29H28N4O2. The molecule has 1 amide bonds. The van der Waals surface area contributed by atoms with Crippen LogP contribution in [0.25, 0.3) is 10.9 Å².